The number of hydrogen-bond donors (Lipinski definition) is 1. The van der Waals surface area contributed by atoms with Crippen molar-refractivity contribution in [1.82, 2.24) is 5.32 Å². The fourth-order valence-corrected chi connectivity index (χ4v) is 3.97. The summed E-state index contributed by atoms with van der Waals surface area (Å²) in [6, 6.07) is 11.3. The minimum Gasteiger partial charge on any atom is -0.494 e. The molecular formula is C21H21Cl2NO2. The number of nitrogens with one attached hydrogen (secondary N) is 1. The van der Waals surface area contributed by atoms with Gasteiger partial charge < -0.3 is 10.1 Å². The fraction of sp³-hybridized carbons (Fsp3) is 0.286. The second-order valence-corrected chi connectivity index (χ2v) is 7.36. The number of benzene rings is 2. The van der Waals surface area contributed by atoms with E-state index in [1.165, 1.54) is 0 Å². The van der Waals surface area contributed by atoms with Crippen LogP contribution in [0.1, 0.15) is 47.7 Å². The zero-order valence-electron chi connectivity index (χ0n) is 14.8. The molecule has 3 nitrogen and oxygen atoms in total. The standard InChI is InChI=1S/C21H21Cl2NO2/c1-4-6-16(13-7-10-18(22)19(23)11-13)21(3)17-9-8-14(26-5-2)12-15(17)20(25)24-21/h4,7-12,16H,1,5-6H2,2-3H3,(H,24,25). The van der Waals surface area contributed by atoms with Crippen LogP contribution in [0, 0.1) is 0 Å². The van der Waals surface area contributed by atoms with Crippen molar-refractivity contribution < 1.29 is 9.53 Å². The van der Waals surface area contributed by atoms with Gasteiger partial charge in [-0.25, -0.2) is 0 Å². The Kier molecular flexibility index (Phi) is 5.31. The first-order valence-electron chi connectivity index (χ1n) is 8.56. The number of fused-ring (bicyclic) bond motifs is 1. The van der Waals surface area contributed by atoms with Gasteiger partial charge in [0.05, 0.1) is 22.2 Å². The summed E-state index contributed by atoms with van der Waals surface area (Å²) in [4.78, 5) is 12.7. The van der Waals surface area contributed by atoms with Gasteiger partial charge in [-0.1, -0.05) is 41.4 Å². The lowest BCUT2D eigenvalue weighted by Gasteiger charge is -2.35. The molecule has 1 aliphatic heterocycles. The molecule has 2 aromatic carbocycles. The molecule has 0 spiro atoms. The Morgan fingerprint density at radius 3 is 2.65 bits per heavy atom. The van der Waals surface area contributed by atoms with Gasteiger partial charge in [0.1, 0.15) is 5.75 Å². The Morgan fingerprint density at radius 1 is 1.23 bits per heavy atom. The van der Waals surface area contributed by atoms with Gasteiger partial charge in [-0.15, -0.1) is 6.58 Å². The summed E-state index contributed by atoms with van der Waals surface area (Å²) in [6.45, 7) is 8.40. The monoisotopic (exact) mass is 389 g/mol. The van der Waals surface area contributed by atoms with Crippen LogP contribution in [-0.2, 0) is 5.54 Å². The van der Waals surface area contributed by atoms with Gasteiger partial charge in [-0.2, -0.15) is 0 Å². The highest BCUT2D eigenvalue weighted by atomic mass is 35.5. The number of ether oxygens (including phenoxy) is 1. The second-order valence-electron chi connectivity index (χ2n) is 6.55. The molecular weight excluding hydrogens is 369 g/mol. The largest absolute Gasteiger partial charge is 0.494 e. The fourth-order valence-electron chi connectivity index (χ4n) is 3.67. The smallest absolute Gasteiger partial charge is 0.252 e. The first-order valence-corrected chi connectivity index (χ1v) is 9.32. The normalized spacial score (nSPS) is 19.6. The highest BCUT2D eigenvalue weighted by molar-refractivity contribution is 6.42. The number of allylic oxidation sites excluding steroid dienone is 1. The Morgan fingerprint density at radius 2 is 2.00 bits per heavy atom. The molecule has 0 saturated carbocycles. The maximum absolute atomic E-state index is 12.7. The highest BCUT2D eigenvalue weighted by Gasteiger charge is 2.45. The molecule has 5 heteroatoms. The van der Waals surface area contributed by atoms with E-state index in [0.717, 1.165) is 11.1 Å². The third kappa shape index (κ3) is 3.22. The zero-order valence-corrected chi connectivity index (χ0v) is 16.3. The molecule has 0 radical (unpaired) electrons. The van der Waals surface area contributed by atoms with Gasteiger partial charge in [0.2, 0.25) is 0 Å². The van der Waals surface area contributed by atoms with E-state index in [1.807, 2.05) is 44.2 Å². The molecule has 26 heavy (non-hydrogen) atoms. The number of amides is 1. The second kappa shape index (κ2) is 7.34. The summed E-state index contributed by atoms with van der Waals surface area (Å²) in [5.74, 6) is 0.566. The summed E-state index contributed by atoms with van der Waals surface area (Å²) in [6.07, 6.45) is 2.54. The lowest BCUT2D eigenvalue weighted by atomic mass is 9.75. The highest BCUT2D eigenvalue weighted by Crippen LogP contribution is 2.45. The van der Waals surface area contributed by atoms with Gasteiger partial charge >= 0.3 is 0 Å². The number of carbonyl (C=O) groups is 1. The van der Waals surface area contributed by atoms with E-state index in [-0.39, 0.29) is 11.8 Å². The summed E-state index contributed by atoms with van der Waals surface area (Å²) >= 11 is 12.3. The molecule has 2 unspecified atom stereocenters. The zero-order chi connectivity index (χ0) is 18.9. The van der Waals surface area contributed by atoms with E-state index >= 15 is 0 Å². The van der Waals surface area contributed by atoms with Crippen molar-refractivity contribution in [2.24, 2.45) is 0 Å². The van der Waals surface area contributed by atoms with E-state index in [1.54, 1.807) is 12.1 Å². The Labute approximate surface area is 164 Å². The Balaban J connectivity index is 2.09. The van der Waals surface area contributed by atoms with Crippen LogP contribution < -0.4 is 10.1 Å². The predicted molar refractivity (Wildman–Crippen MR) is 106 cm³/mol. The quantitative estimate of drug-likeness (QED) is 0.642. The minimum atomic E-state index is -0.581. The Hall–Kier alpha value is -1.97. The van der Waals surface area contributed by atoms with Crippen molar-refractivity contribution in [1.29, 1.82) is 0 Å². The van der Waals surface area contributed by atoms with Crippen LogP contribution in [0.3, 0.4) is 0 Å². The van der Waals surface area contributed by atoms with Crippen molar-refractivity contribution in [3.8, 4) is 5.75 Å². The van der Waals surface area contributed by atoms with E-state index in [9.17, 15) is 4.79 Å². The van der Waals surface area contributed by atoms with E-state index in [2.05, 4.69) is 11.9 Å². The third-order valence-electron chi connectivity index (χ3n) is 4.92. The first kappa shape index (κ1) is 18.8. The summed E-state index contributed by atoms with van der Waals surface area (Å²) in [5.41, 5.74) is 2.02. The predicted octanol–water partition coefficient (Wildman–Crippen LogP) is 5.71. The average molecular weight is 390 g/mol. The molecule has 2 aromatic rings. The van der Waals surface area contributed by atoms with E-state index in [0.29, 0.717) is 34.4 Å². The third-order valence-corrected chi connectivity index (χ3v) is 5.66. The lowest BCUT2D eigenvalue weighted by Crippen LogP contribution is -2.41. The van der Waals surface area contributed by atoms with Gasteiger partial charge in [-0.3, -0.25) is 4.79 Å². The van der Waals surface area contributed by atoms with Crippen LogP contribution in [-0.4, -0.2) is 12.5 Å². The van der Waals surface area contributed by atoms with Crippen LogP contribution in [0.2, 0.25) is 10.0 Å². The molecule has 1 N–H and O–H groups in total. The summed E-state index contributed by atoms with van der Waals surface area (Å²) in [7, 11) is 0. The summed E-state index contributed by atoms with van der Waals surface area (Å²) in [5, 5.41) is 4.17. The van der Waals surface area contributed by atoms with Crippen LogP contribution in [0.25, 0.3) is 0 Å². The average Bonchev–Trinajstić information content (AvgIpc) is 2.87. The number of carbonyl (C=O) groups excluding carboxylic acids is 1. The molecule has 0 bridgehead atoms. The molecule has 136 valence electrons. The van der Waals surface area contributed by atoms with E-state index < -0.39 is 5.54 Å². The maximum atomic E-state index is 12.7. The molecule has 0 aliphatic carbocycles. The molecule has 0 fully saturated rings. The molecule has 2 atom stereocenters. The molecule has 1 aliphatic rings. The molecule has 3 rings (SSSR count). The van der Waals surface area contributed by atoms with Gasteiger partial charge in [-0.05, 0) is 55.7 Å². The number of halogens is 2. The summed E-state index contributed by atoms with van der Waals surface area (Å²) < 4.78 is 5.54. The lowest BCUT2D eigenvalue weighted by molar-refractivity contribution is 0.0924. The van der Waals surface area contributed by atoms with Crippen molar-refractivity contribution in [2.45, 2.75) is 31.7 Å². The van der Waals surface area contributed by atoms with Crippen molar-refractivity contribution >= 4 is 29.1 Å². The molecule has 0 saturated heterocycles. The van der Waals surface area contributed by atoms with Gasteiger partial charge in [0.15, 0.2) is 0 Å². The van der Waals surface area contributed by atoms with Crippen LogP contribution in [0.4, 0.5) is 0 Å². The van der Waals surface area contributed by atoms with Crippen molar-refractivity contribution in [2.75, 3.05) is 6.61 Å². The SMILES string of the molecule is C=CCC(c1ccc(Cl)c(Cl)c1)C1(C)NC(=O)c2cc(OCC)ccc21. The van der Waals surface area contributed by atoms with Gasteiger partial charge in [0.25, 0.3) is 5.91 Å². The molecule has 1 heterocycles. The maximum Gasteiger partial charge on any atom is 0.252 e. The Bertz CT molecular complexity index is 865. The topological polar surface area (TPSA) is 38.3 Å². The van der Waals surface area contributed by atoms with Crippen molar-refractivity contribution in [3.63, 3.8) is 0 Å². The first-order chi connectivity index (χ1) is 12.4. The minimum absolute atomic E-state index is 0.0297. The van der Waals surface area contributed by atoms with Crippen LogP contribution in [0.5, 0.6) is 5.75 Å². The number of hydrogen-bond acceptors (Lipinski definition) is 2. The molecule has 1 amide bonds. The van der Waals surface area contributed by atoms with Crippen LogP contribution in [0.15, 0.2) is 49.1 Å². The van der Waals surface area contributed by atoms with Crippen molar-refractivity contribution in [3.05, 3.63) is 75.8 Å². The van der Waals surface area contributed by atoms with Crippen LogP contribution >= 0.6 is 23.2 Å². The number of rotatable bonds is 6. The van der Waals surface area contributed by atoms with E-state index in [4.69, 9.17) is 27.9 Å². The van der Waals surface area contributed by atoms with Gasteiger partial charge in [0, 0.05) is 11.5 Å². The molecule has 0 aromatic heterocycles.